The molecule has 24 heavy (non-hydrogen) atoms. The maximum atomic E-state index is 11.8. The van der Waals surface area contributed by atoms with E-state index in [-0.39, 0.29) is 5.91 Å². The lowest BCUT2D eigenvalue weighted by Gasteiger charge is -2.10. The van der Waals surface area contributed by atoms with E-state index in [1.807, 2.05) is 42.5 Å². The summed E-state index contributed by atoms with van der Waals surface area (Å²) in [6, 6.07) is 13.1. The highest BCUT2D eigenvalue weighted by Crippen LogP contribution is 2.31. The molecule has 0 aromatic heterocycles. The molecule has 1 heterocycles. The van der Waals surface area contributed by atoms with E-state index in [0.29, 0.717) is 26.6 Å². The van der Waals surface area contributed by atoms with Crippen molar-refractivity contribution in [2.45, 2.75) is 6.61 Å². The number of thiocarbonyl (C=S) groups is 1. The van der Waals surface area contributed by atoms with Gasteiger partial charge in [0, 0.05) is 15.1 Å². The molecule has 3 nitrogen and oxygen atoms in total. The van der Waals surface area contributed by atoms with E-state index >= 15 is 0 Å². The van der Waals surface area contributed by atoms with Crippen molar-refractivity contribution in [3.05, 3.63) is 68.0 Å². The molecule has 2 aromatic carbocycles. The number of rotatable bonds is 4. The van der Waals surface area contributed by atoms with Crippen molar-refractivity contribution in [1.29, 1.82) is 0 Å². The predicted octanol–water partition coefficient (Wildman–Crippen LogP) is 5.17. The molecule has 0 aliphatic carbocycles. The van der Waals surface area contributed by atoms with Crippen LogP contribution in [0.3, 0.4) is 0 Å². The molecule has 122 valence electrons. The Kier molecular flexibility index (Phi) is 5.61. The molecule has 1 fully saturated rings. The van der Waals surface area contributed by atoms with Gasteiger partial charge < -0.3 is 10.1 Å². The van der Waals surface area contributed by atoms with E-state index < -0.39 is 0 Å². The number of benzene rings is 2. The summed E-state index contributed by atoms with van der Waals surface area (Å²) in [4.78, 5) is 12.4. The molecule has 0 atom stereocenters. The van der Waals surface area contributed by atoms with Gasteiger partial charge in [0.25, 0.3) is 5.91 Å². The molecule has 2 aromatic rings. The van der Waals surface area contributed by atoms with Gasteiger partial charge in [-0.2, -0.15) is 0 Å². The average Bonchev–Trinajstić information content (AvgIpc) is 2.86. The SMILES string of the molecule is O=C1NC(=S)S/C1=C\c1cc(Br)ccc1OCc1ccc(Cl)cc1. The number of ether oxygens (including phenoxy) is 1. The van der Waals surface area contributed by atoms with Crippen LogP contribution in [0.5, 0.6) is 5.75 Å². The van der Waals surface area contributed by atoms with Gasteiger partial charge in [-0.25, -0.2) is 0 Å². The van der Waals surface area contributed by atoms with Gasteiger partial charge in [-0.15, -0.1) is 0 Å². The Balaban J connectivity index is 1.83. The van der Waals surface area contributed by atoms with E-state index in [1.165, 1.54) is 11.8 Å². The quantitative estimate of drug-likeness (QED) is 0.526. The number of halogens is 2. The summed E-state index contributed by atoms with van der Waals surface area (Å²) in [7, 11) is 0. The van der Waals surface area contributed by atoms with Gasteiger partial charge >= 0.3 is 0 Å². The molecule has 0 spiro atoms. The molecular formula is C17H11BrClNO2S2. The second-order valence-corrected chi connectivity index (χ2v) is 8.02. The van der Waals surface area contributed by atoms with Crippen molar-refractivity contribution >= 4 is 67.8 Å². The first-order valence-corrected chi connectivity index (χ1v) is 9.32. The van der Waals surface area contributed by atoms with E-state index in [2.05, 4.69) is 21.2 Å². The number of hydrogen-bond acceptors (Lipinski definition) is 4. The third-order valence-electron chi connectivity index (χ3n) is 3.21. The zero-order chi connectivity index (χ0) is 17.1. The van der Waals surface area contributed by atoms with Crippen LogP contribution in [0.2, 0.25) is 5.02 Å². The molecule has 7 heteroatoms. The summed E-state index contributed by atoms with van der Waals surface area (Å²) in [5.74, 6) is 0.500. The maximum Gasteiger partial charge on any atom is 0.263 e. The Morgan fingerprint density at radius 3 is 2.67 bits per heavy atom. The minimum atomic E-state index is -0.186. The number of thioether (sulfide) groups is 1. The van der Waals surface area contributed by atoms with Crippen LogP contribution < -0.4 is 10.1 Å². The van der Waals surface area contributed by atoms with E-state index in [4.69, 9.17) is 28.6 Å². The van der Waals surface area contributed by atoms with Gasteiger partial charge in [0.15, 0.2) is 0 Å². The smallest absolute Gasteiger partial charge is 0.263 e. The third-order valence-corrected chi connectivity index (χ3v) is 5.12. The van der Waals surface area contributed by atoms with Crippen molar-refractivity contribution in [2.75, 3.05) is 0 Å². The molecule has 1 N–H and O–H groups in total. The summed E-state index contributed by atoms with van der Waals surface area (Å²) < 4.78 is 7.27. The number of hydrogen-bond donors (Lipinski definition) is 1. The number of carbonyl (C=O) groups is 1. The molecule has 1 aliphatic heterocycles. The highest BCUT2D eigenvalue weighted by Gasteiger charge is 2.22. The van der Waals surface area contributed by atoms with Gasteiger partial charge in [-0.1, -0.05) is 63.6 Å². The Bertz CT molecular complexity index is 837. The van der Waals surface area contributed by atoms with Crippen LogP contribution in [0.1, 0.15) is 11.1 Å². The van der Waals surface area contributed by atoms with Crippen molar-refractivity contribution in [2.24, 2.45) is 0 Å². The number of amides is 1. The Hall–Kier alpha value is -1.34. The predicted molar refractivity (Wildman–Crippen MR) is 106 cm³/mol. The lowest BCUT2D eigenvalue weighted by Crippen LogP contribution is -2.17. The van der Waals surface area contributed by atoms with Crippen LogP contribution in [0.25, 0.3) is 6.08 Å². The van der Waals surface area contributed by atoms with Crippen LogP contribution >= 0.6 is 51.5 Å². The zero-order valence-corrected chi connectivity index (χ0v) is 16.2. The zero-order valence-electron chi connectivity index (χ0n) is 12.2. The third kappa shape index (κ3) is 4.39. The van der Waals surface area contributed by atoms with Crippen LogP contribution in [0, 0.1) is 0 Å². The van der Waals surface area contributed by atoms with Crippen LogP contribution in [0.4, 0.5) is 0 Å². The molecule has 0 radical (unpaired) electrons. The standard InChI is InChI=1S/C17H11BrClNO2S2/c18-12-3-6-14(22-9-10-1-4-13(19)5-2-10)11(7-12)8-15-16(21)20-17(23)24-15/h1-8H,9H2,(H,20,21,23)/b15-8-. The van der Waals surface area contributed by atoms with Gasteiger partial charge in [0.05, 0.1) is 4.91 Å². The van der Waals surface area contributed by atoms with Crippen LogP contribution in [0.15, 0.2) is 51.8 Å². The van der Waals surface area contributed by atoms with Gasteiger partial charge in [0.1, 0.15) is 16.7 Å². The first-order valence-electron chi connectivity index (χ1n) is 6.93. The minimum Gasteiger partial charge on any atom is -0.488 e. The molecule has 0 bridgehead atoms. The monoisotopic (exact) mass is 439 g/mol. The van der Waals surface area contributed by atoms with Crippen LogP contribution in [-0.4, -0.2) is 10.2 Å². The Morgan fingerprint density at radius 2 is 2.00 bits per heavy atom. The van der Waals surface area contributed by atoms with Crippen molar-refractivity contribution in [1.82, 2.24) is 5.32 Å². The lowest BCUT2D eigenvalue weighted by molar-refractivity contribution is -0.115. The fourth-order valence-corrected chi connectivity index (χ4v) is 3.61. The first-order chi connectivity index (χ1) is 11.5. The van der Waals surface area contributed by atoms with Crippen molar-refractivity contribution in [3.8, 4) is 5.75 Å². The van der Waals surface area contributed by atoms with E-state index in [9.17, 15) is 4.79 Å². The second kappa shape index (κ2) is 7.70. The fourth-order valence-electron chi connectivity index (χ4n) is 2.07. The minimum absolute atomic E-state index is 0.186. The highest BCUT2D eigenvalue weighted by atomic mass is 79.9. The summed E-state index contributed by atoms with van der Waals surface area (Å²) in [5.41, 5.74) is 1.82. The lowest BCUT2D eigenvalue weighted by atomic mass is 10.2. The molecule has 1 amide bonds. The second-order valence-electron chi connectivity index (χ2n) is 4.95. The average molecular weight is 441 g/mol. The Morgan fingerprint density at radius 1 is 1.25 bits per heavy atom. The summed E-state index contributed by atoms with van der Waals surface area (Å²) >= 11 is 15.6. The molecular weight excluding hydrogens is 430 g/mol. The van der Waals surface area contributed by atoms with Gasteiger partial charge in [0.2, 0.25) is 0 Å². The largest absolute Gasteiger partial charge is 0.488 e. The highest BCUT2D eigenvalue weighted by molar-refractivity contribution is 9.10. The van der Waals surface area contributed by atoms with E-state index in [1.54, 1.807) is 6.08 Å². The Labute approximate surface area is 162 Å². The number of nitrogens with one attached hydrogen (secondary N) is 1. The molecule has 1 saturated heterocycles. The number of carbonyl (C=O) groups excluding carboxylic acids is 1. The summed E-state index contributed by atoms with van der Waals surface area (Å²) in [5, 5.41) is 3.29. The topological polar surface area (TPSA) is 38.3 Å². The van der Waals surface area contributed by atoms with Crippen molar-refractivity contribution < 1.29 is 9.53 Å². The summed E-state index contributed by atoms with van der Waals surface area (Å²) in [6.07, 6.45) is 1.78. The molecule has 1 aliphatic rings. The van der Waals surface area contributed by atoms with Crippen molar-refractivity contribution in [3.63, 3.8) is 0 Å². The molecule has 0 saturated carbocycles. The van der Waals surface area contributed by atoms with Crippen LogP contribution in [-0.2, 0) is 11.4 Å². The van der Waals surface area contributed by atoms with E-state index in [0.717, 1.165) is 15.6 Å². The fraction of sp³-hybridized carbons (Fsp3) is 0.0588. The van der Waals surface area contributed by atoms with Gasteiger partial charge in [-0.05, 0) is 42.0 Å². The van der Waals surface area contributed by atoms with Gasteiger partial charge in [-0.3, -0.25) is 4.79 Å². The maximum absolute atomic E-state index is 11.8. The molecule has 3 rings (SSSR count). The summed E-state index contributed by atoms with van der Waals surface area (Å²) in [6.45, 7) is 0.409. The molecule has 0 unspecified atom stereocenters. The first kappa shape index (κ1) is 17.5. The normalized spacial score (nSPS) is 15.7.